The highest BCUT2D eigenvalue weighted by molar-refractivity contribution is 6.35. The first-order chi connectivity index (χ1) is 10.3. The number of hydrogen-bond acceptors (Lipinski definition) is 3. The third-order valence-corrected chi connectivity index (χ3v) is 4.81. The summed E-state index contributed by atoms with van der Waals surface area (Å²) < 4.78 is 0. The molecular weight excluding hydrogens is 282 g/mol. The molecule has 1 aromatic carbocycles. The van der Waals surface area contributed by atoms with Crippen molar-refractivity contribution in [1.29, 1.82) is 0 Å². The average molecular weight is 304 g/mol. The van der Waals surface area contributed by atoms with Gasteiger partial charge in [-0.2, -0.15) is 0 Å². The highest BCUT2D eigenvalue weighted by Gasteiger charge is 2.19. The van der Waals surface area contributed by atoms with Gasteiger partial charge in [-0.05, 0) is 68.6 Å². The van der Waals surface area contributed by atoms with Crippen molar-refractivity contribution in [3.63, 3.8) is 0 Å². The van der Waals surface area contributed by atoms with Gasteiger partial charge < -0.3 is 5.73 Å². The van der Waals surface area contributed by atoms with Gasteiger partial charge in [0, 0.05) is 23.2 Å². The number of benzene rings is 1. The predicted molar refractivity (Wildman–Crippen MR) is 88.4 cm³/mol. The molecule has 3 rings (SSSR count). The molecule has 0 unspecified atom stereocenters. The summed E-state index contributed by atoms with van der Waals surface area (Å²) in [7, 11) is 0. The normalized spacial score (nSPS) is 17.4. The molecule has 2 aromatic rings. The van der Waals surface area contributed by atoms with Crippen molar-refractivity contribution in [1.82, 2.24) is 9.88 Å². The van der Waals surface area contributed by atoms with Crippen LogP contribution in [0.3, 0.4) is 0 Å². The predicted octanol–water partition coefficient (Wildman–Crippen LogP) is 3.45. The molecule has 112 valence electrons. The number of piperidine rings is 1. The Morgan fingerprint density at radius 1 is 1.24 bits per heavy atom. The second-order valence-corrected chi connectivity index (χ2v) is 6.31. The molecule has 0 spiro atoms. The minimum atomic E-state index is 0.781. The quantitative estimate of drug-likeness (QED) is 0.940. The van der Waals surface area contributed by atoms with Gasteiger partial charge in [0.1, 0.15) is 0 Å². The number of aromatic nitrogens is 1. The number of hydrogen-bond donors (Lipinski definition) is 1. The molecule has 0 atom stereocenters. The Balaban J connectivity index is 1.73. The van der Waals surface area contributed by atoms with E-state index >= 15 is 0 Å². The van der Waals surface area contributed by atoms with Gasteiger partial charge >= 0.3 is 0 Å². The zero-order chi connectivity index (χ0) is 14.7. The Hall–Kier alpha value is -1.16. The number of rotatable bonds is 4. The lowest BCUT2D eigenvalue weighted by Crippen LogP contribution is -2.33. The Labute approximate surface area is 131 Å². The van der Waals surface area contributed by atoms with Crippen LogP contribution in [0, 0.1) is 5.92 Å². The summed E-state index contributed by atoms with van der Waals surface area (Å²) in [6.07, 6.45) is 5.53. The van der Waals surface area contributed by atoms with E-state index in [4.69, 9.17) is 17.3 Å². The van der Waals surface area contributed by atoms with Gasteiger partial charge in [0.2, 0.25) is 0 Å². The molecular formula is C17H22ClN3. The SMILES string of the molecule is NCCC1CCN(Cc2ccc(Cl)c3cccnc23)CC1. The van der Waals surface area contributed by atoms with E-state index in [0.29, 0.717) is 0 Å². The lowest BCUT2D eigenvalue weighted by atomic mass is 9.93. The number of pyridine rings is 1. The van der Waals surface area contributed by atoms with Crippen LogP contribution >= 0.6 is 11.6 Å². The lowest BCUT2D eigenvalue weighted by Gasteiger charge is -2.32. The molecule has 3 nitrogen and oxygen atoms in total. The van der Waals surface area contributed by atoms with Gasteiger partial charge in [0.15, 0.2) is 0 Å². The van der Waals surface area contributed by atoms with Crippen molar-refractivity contribution >= 4 is 22.5 Å². The maximum absolute atomic E-state index is 6.26. The average Bonchev–Trinajstić information content (AvgIpc) is 2.52. The second-order valence-electron chi connectivity index (χ2n) is 5.90. The molecule has 0 radical (unpaired) electrons. The van der Waals surface area contributed by atoms with Crippen LogP contribution in [-0.2, 0) is 6.54 Å². The van der Waals surface area contributed by atoms with Crippen molar-refractivity contribution < 1.29 is 0 Å². The monoisotopic (exact) mass is 303 g/mol. The van der Waals surface area contributed by atoms with E-state index in [1.165, 1.54) is 24.8 Å². The summed E-state index contributed by atoms with van der Waals surface area (Å²) in [5.74, 6) is 0.811. The molecule has 0 bridgehead atoms. The Bertz CT molecular complexity index is 606. The first-order valence-corrected chi connectivity index (χ1v) is 8.10. The van der Waals surface area contributed by atoms with E-state index in [1.807, 2.05) is 24.4 Å². The first kappa shape index (κ1) is 14.8. The highest BCUT2D eigenvalue weighted by Crippen LogP contribution is 2.27. The van der Waals surface area contributed by atoms with Gasteiger partial charge in [-0.3, -0.25) is 9.88 Å². The molecule has 0 aliphatic carbocycles. The van der Waals surface area contributed by atoms with Gasteiger partial charge in [-0.25, -0.2) is 0 Å². The van der Waals surface area contributed by atoms with E-state index < -0.39 is 0 Å². The van der Waals surface area contributed by atoms with Crippen molar-refractivity contribution in [2.45, 2.75) is 25.8 Å². The third-order valence-electron chi connectivity index (χ3n) is 4.48. The Morgan fingerprint density at radius 3 is 2.81 bits per heavy atom. The van der Waals surface area contributed by atoms with Crippen LogP contribution < -0.4 is 5.73 Å². The van der Waals surface area contributed by atoms with Crippen LogP contribution in [0.25, 0.3) is 10.9 Å². The third kappa shape index (κ3) is 3.37. The summed E-state index contributed by atoms with van der Waals surface area (Å²) in [5, 5.41) is 1.83. The summed E-state index contributed by atoms with van der Waals surface area (Å²) >= 11 is 6.26. The van der Waals surface area contributed by atoms with Crippen LogP contribution in [0.2, 0.25) is 5.02 Å². The van der Waals surface area contributed by atoms with Gasteiger partial charge in [0.25, 0.3) is 0 Å². The maximum Gasteiger partial charge on any atom is 0.0761 e. The maximum atomic E-state index is 6.26. The van der Waals surface area contributed by atoms with E-state index in [0.717, 1.165) is 48.0 Å². The number of nitrogens with two attached hydrogens (primary N) is 1. The van der Waals surface area contributed by atoms with Gasteiger partial charge in [-0.1, -0.05) is 17.7 Å². The minimum Gasteiger partial charge on any atom is -0.330 e. The molecule has 2 N–H and O–H groups in total. The fourth-order valence-electron chi connectivity index (χ4n) is 3.23. The Morgan fingerprint density at radius 2 is 2.05 bits per heavy atom. The first-order valence-electron chi connectivity index (χ1n) is 7.72. The van der Waals surface area contributed by atoms with Crippen LogP contribution in [0.15, 0.2) is 30.5 Å². The van der Waals surface area contributed by atoms with E-state index in [9.17, 15) is 0 Å². The molecule has 1 aliphatic rings. The van der Waals surface area contributed by atoms with Crippen molar-refractivity contribution in [2.24, 2.45) is 11.7 Å². The van der Waals surface area contributed by atoms with Gasteiger partial charge in [0.05, 0.1) is 5.52 Å². The summed E-state index contributed by atoms with van der Waals surface area (Å²) in [6.45, 7) is 4.08. The molecule has 4 heteroatoms. The zero-order valence-electron chi connectivity index (χ0n) is 12.3. The fourth-order valence-corrected chi connectivity index (χ4v) is 3.45. The van der Waals surface area contributed by atoms with Gasteiger partial charge in [-0.15, -0.1) is 0 Å². The molecule has 1 aromatic heterocycles. The molecule has 1 fully saturated rings. The lowest BCUT2D eigenvalue weighted by molar-refractivity contribution is 0.174. The minimum absolute atomic E-state index is 0.781. The van der Waals surface area contributed by atoms with Crippen molar-refractivity contribution in [3.05, 3.63) is 41.0 Å². The highest BCUT2D eigenvalue weighted by atomic mass is 35.5. The number of fused-ring (bicyclic) bond motifs is 1. The van der Waals surface area contributed by atoms with Crippen LogP contribution in [0.4, 0.5) is 0 Å². The second kappa shape index (κ2) is 6.73. The molecule has 2 heterocycles. The number of halogens is 1. The molecule has 0 amide bonds. The smallest absolute Gasteiger partial charge is 0.0761 e. The summed E-state index contributed by atoms with van der Waals surface area (Å²) in [6, 6.07) is 8.09. The van der Waals surface area contributed by atoms with E-state index in [1.54, 1.807) is 0 Å². The van der Waals surface area contributed by atoms with E-state index in [2.05, 4.69) is 16.0 Å². The zero-order valence-corrected chi connectivity index (χ0v) is 13.0. The van der Waals surface area contributed by atoms with E-state index in [-0.39, 0.29) is 0 Å². The summed E-state index contributed by atoms with van der Waals surface area (Å²) in [5.41, 5.74) is 7.97. The summed E-state index contributed by atoms with van der Waals surface area (Å²) in [4.78, 5) is 7.04. The standard InChI is InChI=1S/C17H22ClN3/c18-16-4-3-14(17-15(16)2-1-9-20-17)12-21-10-6-13(5-8-19)7-11-21/h1-4,9,13H,5-8,10-12,19H2. The Kier molecular flexibility index (Phi) is 4.73. The molecule has 21 heavy (non-hydrogen) atoms. The van der Waals surface area contributed by atoms with Crippen LogP contribution in [0.1, 0.15) is 24.8 Å². The van der Waals surface area contributed by atoms with Crippen LogP contribution in [-0.4, -0.2) is 29.5 Å². The molecule has 0 saturated carbocycles. The topological polar surface area (TPSA) is 42.1 Å². The number of likely N-dealkylation sites (tertiary alicyclic amines) is 1. The van der Waals surface area contributed by atoms with Crippen LogP contribution in [0.5, 0.6) is 0 Å². The fraction of sp³-hybridized carbons (Fsp3) is 0.471. The molecule has 1 saturated heterocycles. The molecule has 1 aliphatic heterocycles. The number of nitrogens with zero attached hydrogens (tertiary/aromatic N) is 2. The van der Waals surface area contributed by atoms with Crippen molar-refractivity contribution in [2.75, 3.05) is 19.6 Å². The van der Waals surface area contributed by atoms with Crippen molar-refractivity contribution in [3.8, 4) is 0 Å². The largest absolute Gasteiger partial charge is 0.330 e.